The van der Waals surface area contributed by atoms with Gasteiger partial charge >= 0.3 is 12.1 Å². The standard InChI is InChI=1S/C24H26N2O6/c1-14(12-21(27)26-20-10-11-31-22(20)23(28)29)25-24(30)32-13-19-17-8-4-2-6-15(17)16-7-3-5-9-18(16)19/h2-9,14,19-20,22H,10-13H2,1H3,(H,25,30)(H,26,27)(H,28,29)/t14?,20-,22+/m0/s1. The quantitative estimate of drug-likeness (QED) is 0.612. The summed E-state index contributed by atoms with van der Waals surface area (Å²) in [5, 5.41) is 14.5. The normalized spacial score (nSPS) is 20.2. The Morgan fingerprint density at radius 3 is 2.34 bits per heavy atom. The molecular formula is C24H26N2O6. The SMILES string of the molecule is CC(CC(=O)N[C@H]1CCO[C@H]1C(=O)O)NC(=O)OCC1c2ccccc2-c2ccccc21. The molecule has 4 rings (SSSR count). The fourth-order valence-corrected chi connectivity index (χ4v) is 4.42. The van der Waals surface area contributed by atoms with Crippen LogP contribution in [-0.2, 0) is 19.1 Å². The van der Waals surface area contributed by atoms with E-state index in [0.29, 0.717) is 6.42 Å². The van der Waals surface area contributed by atoms with Gasteiger partial charge in [-0.05, 0) is 35.6 Å². The minimum absolute atomic E-state index is 0.00698. The van der Waals surface area contributed by atoms with E-state index in [1.165, 1.54) is 0 Å². The van der Waals surface area contributed by atoms with E-state index >= 15 is 0 Å². The molecule has 1 aliphatic carbocycles. The summed E-state index contributed by atoms with van der Waals surface area (Å²) in [7, 11) is 0. The highest BCUT2D eigenvalue weighted by Gasteiger charge is 2.35. The molecule has 1 unspecified atom stereocenters. The molecule has 3 N–H and O–H groups in total. The van der Waals surface area contributed by atoms with Crippen molar-refractivity contribution in [1.82, 2.24) is 10.6 Å². The predicted octanol–water partition coefficient (Wildman–Crippen LogP) is 2.66. The molecule has 1 fully saturated rings. The Hall–Kier alpha value is -3.39. The number of fused-ring (bicyclic) bond motifs is 3. The van der Waals surface area contributed by atoms with Gasteiger partial charge in [-0.1, -0.05) is 48.5 Å². The molecule has 0 bridgehead atoms. The van der Waals surface area contributed by atoms with E-state index in [0.717, 1.165) is 22.3 Å². The first kappa shape index (κ1) is 21.8. The van der Waals surface area contributed by atoms with Crippen molar-refractivity contribution in [3.05, 3.63) is 59.7 Å². The Bertz CT molecular complexity index is 978. The molecule has 0 aromatic heterocycles. The van der Waals surface area contributed by atoms with Gasteiger partial charge in [0.15, 0.2) is 6.10 Å². The minimum atomic E-state index is -1.10. The summed E-state index contributed by atoms with van der Waals surface area (Å²) in [6.07, 6.45) is -1.19. The highest BCUT2D eigenvalue weighted by molar-refractivity contribution is 5.81. The predicted molar refractivity (Wildman–Crippen MR) is 116 cm³/mol. The van der Waals surface area contributed by atoms with Gasteiger partial charge in [-0.15, -0.1) is 0 Å². The summed E-state index contributed by atoms with van der Waals surface area (Å²) in [6, 6.07) is 15.1. The highest BCUT2D eigenvalue weighted by Crippen LogP contribution is 2.44. The van der Waals surface area contributed by atoms with Crippen LogP contribution in [0.5, 0.6) is 0 Å². The summed E-state index contributed by atoms with van der Waals surface area (Å²) in [6.45, 7) is 2.18. The largest absolute Gasteiger partial charge is 0.479 e. The molecule has 2 aromatic rings. The molecule has 8 heteroatoms. The summed E-state index contributed by atoms with van der Waals surface area (Å²) >= 11 is 0. The number of benzene rings is 2. The lowest BCUT2D eigenvalue weighted by Crippen LogP contribution is -2.46. The highest BCUT2D eigenvalue weighted by atomic mass is 16.5. The van der Waals surface area contributed by atoms with Crippen molar-refractivity contribution in [2.75, 3.05) is 13.2 Å². The zero-order valence-electron chi connectivity index (χ0n) is 17.7. The van der Waals surface area contributed by atoms with Crippen LogP contribution in [0.3, 0.4) is 0 Å². The molecule has 168 valence electrons. The van der Waals surface area contributed by atoms with Crippen LogP contribution >= 0.6 is 0 Å². The third-order valence-corrected chi connectivity index (χ3v) is 5.88. The molecule has 2 aromatic carbocycles. The molecule has 0 spiro atoms. The van der Waals surface area contributed by atoms with Crippen molar-refractivity contribution in [1.29, 1.82) is 0 Å². The average Bonchev–Trinajstić information content (AvgIpc) is 3.34. The molecule has 32 heavy (non-hydrogen) atoms. The molecule has 0 saturated carbocycles. The lowest BCUT2D eigenvalue weighted by molar-refractivity contribution is -0.148. The lowest BCUT2D eigenvalue weighted by Gasteiger charge is -2.19. The molecule has 8 nitrogen and oxygen atoms in total. The van der Waals surface area contributed by atoms with Gasteiger partial charge in [-0.3, -0.25) is 4.79 Å². The fourth-order valence-electron chi connectivity index (χ4n) is 4.42. The minimum Gasteiger partial charge on any atom is -0.479 e. The molecule has 2 aliphatic rings. The number of carboxylic acids is 1. The van der Waals surface area contributed by atoms with Crippen molar-refractivity contribution >= 4 is 18.0 Å². The molecule has 2 amide bonds. The van der Waals surface area contributed by atoms with Crippen LogP contribution in [-0.4, -0.2) is 54.5 Å². The van der Waals surface area contributed by atoms with E-state index in [-0.39, 0.29) is 31.5 Å². The molecule has 1 saturated heterocycles. The van der Waals surface area contributed by atoms with Gasteiger partial charge in [0.1, 0.15) is 6.61 Å². The second-order valence-electron chi connectivity index (χ2n) is 8.17. The smallest absolute Gasteiger partial charge is 0.407 e. The van der Waals surface area contributed by atoms with E-state index in [9.17, 15) is 14.4 Å². The molecule has 0 radical (unpaired) electrons. The Labute approximate surface area is 185 Å². The number of hydrogen-bond donors (Lipinski definition) is 3. The van der Waals surface area contributed by atoms with Crippen LogP contribution in [0.15, 0.2) is 48.5 Å². The van der Waals surface area contributed by atoms with Crippen molar-refractivity contribution in [2.24, 2.45) is 0 Å². The van der Waals surface area contributed by atoms with Gasteiger partial charge in [0, 0.05) is 25.0 Å². The van der Waals surface area contributed by atoms with E-state index in [4.69, 9.17) is 14.6 Å². The maximum atomic E-state index is 12.3. The van der Waals surface area contributed by atoms with Crippen LogP contribution < -0.4 is 10.6 Å². The van der Waals surface area contributed by atoms with Gasteiger partial charge in [-0.25, -0.2) is 9.59 Å². The van der Waals surface area contributed by atoms with Crippen LogP contribution in [0.4, 0.5) is 4.79 Å². The Balaban J connectivity index is 1.28. The van der Waals surface area contributed by atoms with Crippen LogP contribution in [0.1, 0.15) is 36.8 Å². The number of carbonyl (C=O) groups excluding carboxylic acids is 2. The molecular weight excluding hydrogens is 412 g/mol. The Kier molecular flexibility index (Phi) is 6.41. The van der Waals surface area contributed by atoms with Crippen molar-refractivity contribution in [2.45, 2.75) is 43.9 Å². The number of hydrogen-bond acceptors (Lipinski definition) is 5. The zero-order valence-corrected chi connectivity index (χ0v) is 17.7. The monoisotopic (exact) mass is 438 g/mol. The first-order chi connectivity index (χ1) is 15.4. The summed E-state index contributed by atoms with van der Waals surface area (Å²) in [5.41, 5.74) is 4.55. The molecule has 1 aliphatic heterocycles. The van der Waals surface area contributed by atoms with Gasteiger partial charge in [0.05, 0.1) is 6.04 Å². The van der Waals surface area contributed by atoms with Crippen molar-refractivity contribution < 1.29 is 29.0 Å². The number of aliphatic carboxylic acids is 1. The van der Waals surface area contributed by atoms with Gasteiger partial charge in [0.2, 0.25) is 5.91 Å². The number of ether oxygens (including phenoxy) is 2. The van der Waals surface area contributed by atoms with Gasteiger partial charge < -0.3 is 25.2 Å². The van der Waals surface area contributed by atoms with E-state index in [2.05, 4.69) is 22.8 Å². The Morgan fingerprint density at radius 2 is 1.72 bits per heavy atom. The number of carboxylic acid groups (broad SMARTS) is 1. The summed E-state index contributed by atoms with van der Waals surface area (Å²) in [4.78, 5) is 35.7. The maximum absolute atomic E-state index is 12.3. The molecule has 3 atom stereocenters. The van der Waals surface area contributed by atoms with Crippen LogP contribution in [0.2, 0.25) is 0 Å². The van der Waals surface area contributed by atoms with E-state index in [1.54, 1.807) is 6.92 Å². The number of nitrogens with one attached hydrogen (secondary N) is 2. The maximum Gasteiger partial charge on any atom is 0.407 e. The first-order valence-corrected chi connectivity index (χ1v) is 10.7. The second kappa shape index (κ2) is 9.40. The van der Waals surface area contributed by atoms with Crippen molar-refractivity contribution in [3.8, 4) is 11.1 Å². The second-order valence-corrected chi connectivity index (χ2v) is 8.17. The topological polar surface area (TPSA) is 114 Å². The van der Waals surface area contributed by atoms with E-state index in [1.807, 2.05) is 36.4 Å². The zero-order chi connectivity index (χ0) is 22.7. The fraction of sp³-hybridized carbons (Fsp3) is 0.375. The number of amides is 2. The summed E-state index contributed by atoms with van der Waals surface area (Å²) < 4.78 is 10.6. The van der Waals surface area contributed by atoms with E-state index < -0.39 is 30.3 Å². The van der Waals surface area contributed by atoms with Crippen LogP contribution in [0, 0.1) is 0 Å². The Morgan fingerprint density at radius 1 is 1.09 bits per heavy atom. The summed E-state index contributed by atoms with van der Waals surface area (Å²) in [5.74, 6) is -1.49. The molecule has 1 heterocycles. The number of carbonyl (C=O) groups is 3. The van der Waals surface area contributed by atoms with Gasteiger partial charge in [-0.2, -0.15) is 0 Å². The van der Waals surface area contributed by atoms with Crippen molar-refractivity contribution in [3.63, 3.8) is 0 Å². The lowest BCUT2D eigenvalue weighted by atomic mass is 9.98. The first-order valence-electron chi connectivity index (χ1n) is 10.7. The third-order valence-electron chi connectivity index (χ3n) is 5.88. The third kappa shape index (κ3) is 4.60. The van der Waals surface area contributed by atoms with Gasteiger partial charge in [0.25, 0.3) is 0 Å². The number of alkyl carbamates (subject to hydrolysis) is 1. The number of rotatable bonds is 7. The average molecular weight is 438 g/mol. The van der Waals surface area contributed by atoms with Crippen LogP contribution in [0.25, 0.3) is 11.1 Å².